The molecule has 0 aliphatic rings. The van der Waals surface area contributed by atoms with Gasteiger partial charge in [-0.05, 0) is 37.1 Å². The third kappa shape index (κ3) is 6.20. The van der Waals surface area contributed by atoms with Gasteiger partial charge in [-0.3, -0.25) is 0 Å². The van der Waals surface area contributed by atoms with Crippen molar-refractivity contribution < 1.29 is 4.74 Å². The SMILES string of the molecule is CCCCCNc1ccc(OCCCC)cc1. The summed E-state index contributed by atoms with van der Waals surface area (Å²) in [5.74, 6) is 0.970. The summed E-state index contributed by atoms with van der Waals surface area (Å²) < 4.78 is 5.62. The maximum atomic E-state index is 5.62. The van der Waals surface area contributed by atoms with Crippen molar-refractivity contribution in [3.63, 3.8) is 0 Å². The molecule has 2 nitrogen and oxygen atoms in total. The number of ether oxygens (including phenoxy) is 1. The highest BCUT2D eigenvalue weighted by atomic mass is 16.5. The first-order valence-electron chi connectivity index (χ1n) is 6.83. The van der Waals surface area contributed by atoms with Crippen molar-refractivity contribution in [3.05, 3.63) is 24.3 Å². The molecule has 0 radical (unpaired) electrons. The molecule has 1 aromatic carbocycles. The van der Waals surface area contributed by atoms with Crippen LogP contribution in [0.5, 0.6) is 5.75 Å². The smallest absolute Gasteiger partial charge is 0.119 e. The Labute approximate surface area is 105 Å². The van der Waals surface area contributed by atoms with Crippen LogP contribution in [0.4, 0.5) is 5.69 Å². The molecule has 0 aliphatic heterocycles. The second kappa shape index (κ2) is 8.91. The molecular weight excluding hydrogens is 210 g/mol. The van der Waals surface area contributed by atoms with E-state index in [0.717, 1.165) is 25.3 Å². The van der Waals surface area contributed by atoms with E-state index in [9.17, 15) is 0 Å². The molecule has 0 spiro atoms. The van der Waals surface area contributed by atoms with E-state index in [0.29, 0.717) is 0 Å². The Morgan fingerprint density at radius 2 is 1.65 bits per heavy atom. The fraction of sp³-hybridized carbons (Fsp3) is 0.600. The van der Waals surface area contributed by atoms with Crippen LogP contribution in [0.1, 0.15) is 46.0 Å². The monoisotopic (exact) mass is 235 g/mol. The van der Waals surface area contributed by atoms with Gasteiger partial charge in [0.1, 0.15) is 5.75 Å². The summed E-state index contributed by atoms with van der Waals surface area (Å²) in [7, 11) is 0. The molecule has 17 heavy (non-hydrogen) atoms. The lowest BCUT2D eigenvalue weighted by Gasteiger charge is -2.08. The Bertz CT molecular complexity index is 281. The molecule has 1 N–H and O–H groups in total. The molecule has 0 aliphatic carbocycles. The van der Waals surface area contributed by atoms with E-state index in [1.54, 1.807) is 0 Å². The summed E-state index contributed by atoms with van der Waals surface area (Å²) in [4.78, 5) is 0. The van der Waals surface area contributed by atoms with Gasteiger partial charge in [0, 0.05) is 12.2 Å². The highest BCUT2D eigenvalue weighted by Crippen LogP contribution is 2.16. The zero-order chi connectivity index (χ0) is 12.3. The first-order chi connectivity index (χ1) is 8.36. The van der Waals surface area contributed by atoms with Crippen LogP contribution in [0, 0.1) is 0 Å². The summed E-state index contributed by atoms with van der Waals surface area (Å²) in [5.41, 5.74) is 1.18. The summed E-state index contributed by atoms with van der Waals surface area (Å²) >= 11 is 0. The van der Waals surface area contributed by atoms with E-state index < -0.39 is 0 Å². The average Bonchev–Trinajstić information content (AvgIpc) is 2.37. The molecule has 1 rings (SSSR count). The Morgan fingerprint density at radius 1 is 0.941 bits per heavy atom. The van der Waals surface area contributed by atoms with Crippen LogP contribution in [0.2, 0.25) is 0 Å². The van der Waals surface area contributed by atoms with E-state index in [2.05, 4.69) is 31.3 Å². The normalized spacial score (nSPS) is 10.2. The van der Waals surface area contributed by atoms with E-state index >= 15 is 0 Å². The van der Waals surface area contributed by atoms with Crippen LogP contribution < -0.4 is 10.1 Å². The molecule has 1 aromatic rings. The maximum absolute atomic E-state index is 5.62. The van der Waals surface area contributed by atoms with Crippen LogP contribution in [-0.2, 0) is 0 Å². The van der Waals surface area contributed by atoms with Crippen molar-refractivity contribution in [2.24, 2.45) is 0 Å². The van der Waals surface area contributed by atoms with Gasteiger partial charge in [0.2, 0.25) is 0 Å². The quantitative estimate of drug-likeness (QED) is 0.638. The standard InChI is InChI=1S/C15H25NO/c1-3-5-7-12-16-14-8-10-15(11-9-14)17-13-6-4-2/h8-11,16H,3-7,12-13H2,1-2H3. The minimum atomic E-state index is 0.819. The largest absolute Gasteiger partial charge is 0.494 e. The third-order valence-corrected chi connectivity index (χ3v) is 2.73. The predicted molar refractivity (Wildman–Crippen MR) is 74.9 cm³/mol. The van der Waals surface area contributed by atoms with Crippen LogP contribution in [0.25, 0.3) is 0 Å². The zero-order valence-electron chi connectivity index (χ0n) is 11.2. The van der Waals surface area contributed by atoms with Crippen molar-refractivity contribution in [3.8, 4) is 5.75 Å². The van der Waals surface area contributed by atoms with Crippen LogP contribution in [-0.4, -0.2) is 13.2 Å². The maximum Gasteiger partial charge on any atom is 0.119 e. The number of benzene rings is 1. The highest BCUT2D eigenvalue weighted by Gasteiger charge is 1.95. The van der Waals surface area contributed by atoms with Gasteiger partial charge in [-0.2, -0.15) is 0 Å². The lowest BCUT2D eigenvalue weighted by atomic mass is 10.2. The fourth-order valence-corrected chi connectivity index (χ4v) is 1.61. The summed E-state index contributed by atoms with van der Waals surface area (Å²) in [5, 5.41) is 3.42. The lowest BCUT2D eigenvalue weighted by Crippen LogP contribution is -2.01. The molecule has 0 amide bonds. The van der Waals surface area contributed by atoms with Gasteiger partial charge in [0.05, 0.1) is 6.61 Å². The third-order valence-electron chi connectivity index (χ3n) is 2.73. The van der Waals surface area contributed by atoms with Gasteiger partial charge < -0.3 is 10.1 Å². The minimum absolute atomic E-state index is 0.819. The Balaban J connectivity index is 2.24. The molecule has 0 aromatic heterocycles. The van der Waals surface area contributed by atoms with Crippen molar-refractivity contribution in [2.75, 3.05) is 18.5 Å². The van der Waals surface area contributed by atoms with Gasteiger partial charge in [-0.15, -0.1) is 0 Å². The summed E-state index contributed by atoms with van der Waals surface area (Å²) in [6.45, 7) is 6.28. The van der Waals surface area contributed by atoms with E-state index in [-0.39, 0.29) is 0 Å². The average molecular weight is 235 g/mol. The number of hydrogen-bond donors (Lipinski definition) is 1. The highest BCUT2D eigenvalue weighted by molar-refractivity contribution is 5.46. The van der Waals surface area contributed by atoms with Gasteiger partial charge >= 0.3 is 0 Å². The van der Waals surface area contributed by atoms with Gasteiger partial charge in [0.25, 0.3) is 0 Å². The van der Waals surface area contributed by atoms with E-state index in [1.165, 1.54) is 31.4 Å². The fourth-order valence-electron chi connectivity index (χ4n) is 1.61. The van der Waals surface area contributed by atoms with Gasteiger partial charge in [-0.1, -0.05) is 33.1 Å². The van der Waals surface area contributed by atoms with Gasteiger partial charge in [0.15, 0.2) is 0 Å². The predicted octanol–water partition coefficient (Wildman–Crippen LogP) is 4.47. The summed E-state index contributed by atoms with van der Waals surface area (Å²) in [6, 6.07) is 8.26. The second-order valence-corrected chi connectivity index (χ2v) is 4.36. The Hall–Kier alpha value is -1.18. The number of nitrogens with one attached hydrogen (secondary N) is 1. The molecule has 0 saturated carbocycles. The van der Waals surface area contributed by atoms with Crippen molar-refractivity contribution in [2.45, 2.75) is 46.0 Å². The molecule has 96 valence electrons. The zero-order valence-corrected chi connectivity index (χ0v) is 11.2. The molecule has 0 saturated heterocycles. The number of anilines is 1. The molecule has 0 bridgehead atoms. The molecule has 0 heterocycles. The second-order valence-electron chi connectivity index (χ2n) is 4.36. The first kappa shape index (κ1) is 13.9. The van der Waals surface area contributed by atoms with E-state index in [1.807, 2.05) is 12.1 Å². The van der Waals surface area contributed by atoms with E-state index in [4.69, 9.17) is 4.74 Å². The Morgan fingerprint density at radius 3 is 2.29 bits per heavy atom. The molecule has 0 fully saturated rings. The van der Waals surface area contributed by atoms with Crippen LogP contribution in [0.3, 0.4) is 0 Å². The molecule has 0 unspecified atom stereocenters. The first-order valence-corrected chi connectivity index (χ1v) is 6.83. The molecule has 0 atom stereocenters. The number of unbranched alkanes of at least 4 members (excludes halogenated alkanes) is 3. The molecular formula is C15H25NO. The van der Waals surface area contributed by atoms with Crippen molar-refractivity contribution >= 4 is 5.69 Å². The van der Waals surface area contributed by atoms with Crippen molar-refractivity contribution in [1.82, 2.24) is 0 Å². The lowest BCUT2D eigenvalue weighted by molar-refractivity contribution is 0.309. The summed E-state index contributed by atoms with van der Waals surface area (Å²) in [6.07, 6.45) is 6.11. The van der Waals surface area contributed by atoms with Gasteiger partial charge in [-0.25, -0.2) is 0 Å². The van der Waals surface area contributed by atoms with Crippen molar-refractivity contribution in [1.29, 1.82) is 0 Å². The topological polar surface area (TPSA) is 21.3 Å². The molecule has 2 heteroatoms. The Kier molecular flexibility index (Phi) is 7.28. The number of rotatable bonds is 9. The van der Waals surface area contributed by atoms with Crippen LogP contribution in [0.15, 0.2) is 24.3 Å². The number of hydrogen-bond acceptors (Lipinski definition) is 2. The van der Waals surface area contributed by atoms with Crippen LogP contribution >= 0.6 is 0 Å². The minimum Gasteiger partial charge on any atom is -0.494 e.